The maximum atomic E-state index is 12.1. The zero-order chi connectivity index (χ0) is 17.9. The number of nitrogens with zero attached hydrogens (tertiary/aromatic N) is 1. The highest BCUT2D eigenvalue weighted by Gasteiger charge is 2.08. The van der Waals surface area contributed by atoms with Crippen LogP contribution in [0.25, 0.3) is 6.08 Å². The Hall–Kier alpha value is -3.50. The Morgan fingerprint density at radius 1 is 1.16 bits per heavy atom. The summed E-state index contributed by atoms with van der Waals surface area (Å²) >= 11 is 0. The molecule has 0 atom stereocenters. The number of ether oxygens (including phenoxy) is 1. The normalized spacial score (nSPS) is 10.4. The molecule has 0 aliphatic heterocycles. The molecular weight excluding hydrogens is 312 g/mol. The first-order chi connectivity index (χ1) is 12.2. The fourth-order valence-corrected chi connectivity index (χ4v) is 2.16. The van der Waals surface area contributed by atoms with Gasteiger partial charge in [-0.2, -0.15) is 5.26 Å². The number of nitrogens with one attached hydrogen (secondary N) is 1. The highest BCUT2D eigenvalue weighted by molar-refractivity contribution is 6.01. The van der Waals surface area contributed by atoms with Gasteiger partial charge in [-0.1, -0.05) is 48.4 Å². The van der Waals surface area contributed by atoms with E-state index in [1.54, 1.807) is 30.3 Å². The molecular formula is C21H18N2O2. The third-order valence-corrected chi connectivity index (χ3v) is 3.42. The van der Waals surface area contributed by atoms with Crippen molar-refractivity contribution in [2.24, 2.45) is 0 Å². The van der Waals surface area contributed by atoms with Gasteiger partial charge in [-0.3, -0.25) is 4.79 Å². The molecule has 0 aliphatic rings. The Balaban J connectivity index is 1.93. The largest absolute Gasteiger partial charge is 0.481 e. The molecule has 124 valence electrons. The Kier molecular flexibility index (Phi) is 6.85. The number of carbonyl (C=O) groups excluding carboxylic acids is 1. The molecule has 4 heteroatoms. The van der Waals surface area contributed by atoms with Crippen molar-refractivity contribution in [2.45, 2.75) is 6.42 Å². The molecule has 25 heavy (non-hydrogen) atoms. The predicted octanol–water partition coefficient (Wildman–Crippen LogP) is 2.96. The summed E-state index contributed by atoms with van der Waals surface area (Å²) in [5.41, 5.74) is 1.93. The van der Waals surface area contributed by atoms with Crippen molar-refractivity contribution in [2.75, 3.05) is 13.2 Å². The van der Waals surface area contributed by atoms with Crippen LogP contribution in [0.15, 0.2) is 60.2 Å². The van der Waals surface area contributed by atoms with Crippen LogP contribution in [-0.4, -0.2) is 19.1 Å². The Morgan fingerprint density at radius 2 is 1.88 bits per heavy atom. The second-order valence-electron chi connectivity index (χ2n) is 5.22. The zero-order valence-corrected chi connectivity index (χ0v) is 13.7. The number of carbonyl (C=O) groups is 1. The second kappa shape index (κ2) is 9.60. The van der Waals surface area contributed by atoms with Gasteiger partial charge in [0.25, 0.3) is 5.91 Å². The van der Waals surface area contributed by atoms with Crippen LogP contribution in [0.5, 0.6) is 5.75 Å². The summed E-state index contributed by atoms with van der Waals surface area (Å²) in [5.74, 6) is 2.64. The van der Waals surface area contributed by atoms with E-state index in [2.05, 4.69) is 11.2 Å². The molecule has 1 amide bonds. The fraction of sp³-hybridized carbons (Fsp3) is 0.143. The number of hydrogen-bond acceptors (Lipinski definition) is 3. The van der Waals surface area contributed by atoms with Crippen LogP contribution >= 0.6 is 0 Å². The maximum absolute atomic E-state index is 12.1. The smallest absolute Gasteiger partial charge is 0.261 e. The molecule has 0 saturated carbocycles. The molecule has 0 bridgehead atoms. The van der Waals surface area contributed by atoms with E-state index >= 15 is 0 Å². The number of hydrogen-bond donors (Lipinski definition) is 1. The zero-order valence-electron chi connectivity index (χ0n) is 13.7. The fourth-order valence-electron chi connectivity index (χ4n) is 2.16. The lowest BCUT2D eigenvalue weighted by Gasteiger charge is -2.05. The SMILES string of the molecule is C#CCOc1ccc(C=C(C#N)C(=O)NCCc2ccccc2)cc1. The molecule has 2 rings (SSSR count). The van der Waals surface area contributed by atoms with Crippen molar-refractivity contribution in [1.29, 1.82) is 5.26 Å². The van der Waals surface area contributed by atoms with Gasteiger partial charge in [0.05, 0.1) is 0 Å². The highest BCUT2D eigenvalue weighted by atomic mass is 16.5. The van der Waals surface area contributed by atoms with Gasteiger partial charge >= 0.3 is 0 Å². The lowest BCUT2D eigenvalue weighted by atomic mass is 10.1. The molecule has 0 fully saturated rings. The minimum absolute atomic E-state index is 0.0605. The number of amides is 1. The van der Waals surface area contributed by atoms with E-state index in [4.69, 9.17) is 11.2 Å². The summed E-state index contributed by atoms with van der Waals surface area (Å²) in [5, 5.41) is 12.0. The van der Waals surface area contributed by atoms with Gasteiger partial charge in [0, 0.05) is 6.54 Å². The maximum Gasteiger partial charge on any atom is 0.261 e. The van der Waals surface area contributed by atoms with Gasteiger partial charge in [-0.15, -0.1) is 6.42 Å². The first-order valence-corrected chi connectivity index (χ1v) is 7.83. The van der Waals surface area contributed by atoms with Crippen molar-refractivity contribution >= 4 is 12.0 Å². The van der Waals surface area contributed by atoms with Gasteiger partial charge in [-0.05, 0) is 35.8 Å². The molecule has 0 aliphatic carbocycles. The van der Waals surface area contributed by atoms with Gasteiger partial charge in [0.2, 0.25) is 0 Å². The standard InChI is InChI=1S/C21H18N2O2/c1-2-14-25-20-10-8-18(9-11-20)15-19(16-22)21(24)23-13-12-17-6-4-3-5-7-17/h1,3-11,15H,12-14H2,(H,23,24). The summed E-state index contributed by atoms with van der Waals surface area (Å²) < 4.78 is 5.28. The van der Waals surface area contributed by atoms with E-state index in [1.165, 1.54) is 0 Å². The van der Waals surface area contributed by atoms with Gasteiger partial charge in [0.1, 0.15) is 24.0 Å². The molecule has 0 unspecified atom stereocenters. The van der Waals surface area contributed by atoms with Crippen LogP contribution in [0.2, 0.25) is 0 Å². The minimum Gasteiger partial charge on any atom is -0.481 e. The Labute approximate surface area is 147 Å². The molecule has 0 aromatic heterocycles. The van der Waals surface area contributed by atoms with Crippen molar-refractivity contribution < 1.29 is 9.53 Å². The summed E-state index contributed by atoms with van der Waals surface area (Å²) in [6, 6.07) is 18.8. The summed E-state index contributed by atoms with van der Waals surface area (Å²) in [6.45, 7) is 0.670. The van der Waals surface area contributed by atoms with Crippen LogP contribution < -0.4 is 10.1 Å². The number of rotatable bonds is 7. The third kappa shape index (κ3) is 5.89. The molecule has 0 saturated heterocycles. The lowest BCUT2D eigenvalue weighted by molar-refractivity contribution is -0.117. The Bertz CT molecular complexity index is 810. The lowest BCUT2D eigenvalue weighted by Crippen LogP contribution is -2.26. The van der Waals surface area contributed by atoms with E-state index in [9.17, 15) is 10.1 Å². The quantitative estimate of drug-likeness (QED) is 0.482. The average molecular weight is 330 g/mol. The van der Waals surface area contributed by atoms with Crippen LogP contribution in [0.4, 0.5) is 0 Å². The molecule has 2 aromatic carbocycles. The van der Waals surface area contributed by atoms with Crippen molar-refractivity contribution in [3.05, 3.63) is 71.3 Å². The molecule has 4 nitrogen and oxygen atoms in total. The van der Waals surface area contributed by atoms with Crippen molar-refractivity contribution in [3.8, 4) is 24.2 Å². The van der Waals surface area contributed by atoms with Crippen LogP contribution in [0, 0.1) is 23.7 Å². The van der Waals surface area contributed by atoms with Crippen molar-refractivity contribution in [1.82, 2.24) is 5.32 Å². The van der Waals surface area contributed by atoms with Crippen molar-refractivity contribution in [3.63, 3.8) is 0 Å². The van der Waals surface area contributed by atoms with E-state index in [0.717, 1.165) is 11.1 Å². The van der Waals surface area contributed by atoms with Gasteiger partial charge in [0.15, 0.2) is 0 Å². The van der Waals surface area contributed by atoms with E-state index < -0.39 is 0 Å². The number of terminal acetylenes is 1. The van der Waals surface area contributed by atoms with E-state index in [1.807, 2.05) is 36.4 Å². The van der Waals surface area contributed by atoms with Crippen LogP contribution in [0.3, 0.4) is 0 Å². The number of nitriles is 1. The number of benzene rings is 2. The predicted molar refractivity (Wildman–Crippen MR) is 97.5 cm³/mol. The van der Waals surface area contributed by atoms with Crippen LogP contribution in [-0.2, 0) is 11.2 Å². The minimum atomic E-state index is -0.383. The molecule has 0 heterocycles. The highest BCUT2D eigenvalue weighted by Crippen LogP contribution is 2.14. The first kappa shape index (κ1) is 17.8. The second-order valence-corrected chi connectivity index (χ2v) is 5.22. The third-order valence-electron chi connectivity index (χ3n) is 3.42. The molecule has 0 radical (unpaired) electrons. The molecule has 1 N–H and O–H groups in total. The monoisotopic (exact) mass is 330 g/mol. The van der Waals surface area contributed by atoms with Gasteiger partial charge < -0.3 is 10.1 Å². The van der Waals surface area contributed by atoms with Gasteiger partial charge in [-0.25, -0.2) is 0 Å². The Morgan fingerprint density at radius 3 is 2.52 bits per heavy atom. The van der Waals surface area contributed by atoms with Crippen LogP contribution in [0.1, 0.15) is 11.1 Å². The molecule has 2 aromatic rings. The topological polar surface area (TPSA) is 62.1 Å². The van der Waals surface area contributed by atoms with E-state index in [0.29, 0.717) is 18.7 Å². The average Bonchev–Trinajstić information content (AvgIpc) is 2.66. The molecule has 0 spiro atoms. The van der Waals surface area contributed by atoms with E-state index in [-0.39, 0.29) is 18.1 Å². The summed E-state index contributed by atoms with van der Waals surface area (Å²) in [7, 11) is 0. The summed E-state index contributed by atoms with van der Waals surface area (Å²) in [4.78, 5) is 12.1. The first-order valence-electron chi connectivity index (χ1n) is 7.83. The summed E-state index contributed by atoms with van der Waals surface area (Å²) in [6.07, 6.45) is 7.39.